The lowest BCUT2D eigenvalue weighted by Crippen LogP contribution is -2.51. The number of fused-ring (bicyclic) bond motifs is 7. The molecule has 44 heavy (non-hydrogen) atoms. The van der Waals surface area contributed by atoms with Crippen molar-refractivity contribution in [2.75, 3.05) is 46.5 Å². The van der Waals surface area contributed by atoms with Crippen LogP contribution in [0.25, 0.3) is 22.2 Å². The lowest BCUT2D eigenvalue weighted by atomic mass is 9.81. The number of piperidine rings is 1. The number of rotatable bonds is 5. The van der Waals surface area contributed by atoms with Crippen LogP contribution < -0.4 is 4.74 Å². The number of morpholine rings is 1. The number of nitrogens with zero attached hydrogens (tertiary/aromatic N) is 3. The Hall–Kier alpha value is -3.36. The smallest absolute Gasteiger partial charge is 0.335 e. The maximum Gasteiger partial charge on any atom is 0.335 e. The van der Waals surface area contributed by atoms with Gasteiger partial charge in [0.25, 0.3) is 0 Å². The van der Waals surface area contributed by atoms with Crippen molar-refractivity contribution in [1.82, 2.24) is 14.4 Å². The van der Waals surface area contributed by atoms with Gasteiger partial charge in [0.05, 0.1) is 37.0 Å². The van der Waals surface area contributed by atoms with Crippen LogP contribution in [0.15, 0.2) is 36.4 Å². The molecule has 8 rings (SSSR count). The van der Waals surface area contributed by atoms with E-state index in [1.807, 2.05) is 18.2 Å². The zero-order chi connectivity index (χ0) is 30.0. The number of carbonyl (C=O) groups excluding carboxylic acids is 1. The molecule has 2 saturated carbocycles. The Morgan fingerprint density at radius 1 is 0.955 bits per heavy atom. The van der Waals surface area contributed by atoms with Crippen molar-refractivity contribution >= 4 is 22.8 Å². The van der Waals surface area contributed by atoms with Crippen LogP contribution >= 0.6 is 0 Å². The van der Waals surface area contributed by atoms with Gasteiger partial charge in [0.15, 0.2) is 0 Å². The predicted octanol–water partition coefficient (Wildman–Crippen LogP) is 5.87. The number of hydrogen-bond donors (Lipinski definition) is 1. The van der Waals surface area contributed by atoms with Crippen LogP contribution in [-0.2, 0) is 16.1 Å². The van der Waals surface area contributed by atoms with E-state index in [0.717, 1.165) is 88.1 Å². The number of carbonyl (C=O) groups is 2. The van der Waals surface area contributed by atoms with E-state index < -0.39 is 11.4 Å². The third kappa shape index (κ3) is 4.47. The Morgan fingerprint density at radius 2 is 1.73 bits per heavy atom. The van der Waals surface area contributed by atoms with Gasteiger partial charge >= 0.3 is 5.97 Å². The summed E-state index contributed by atoms with van der Waals surface area (Å²) in [4.78, 5) is 31.5. The summed E-state index contributed by atoms with van der Waals surface area (Å²) in [5.74, 6) is 0.709. The third-order valence-corrected chi connectivity index (χ3v) is 11.5. The second-order valence-corrected chi connectivity index (χ2v) is 13.8. The summed E-state index contributed by atoms with van der Waals surface area (Å²) in [6, 6.07) is 12.6. The highest BCUT2D eigenvalue weighted by Crippen LogP contribution is 2.66. The topological polar surface area (TPSA) is 84.2 Å². The van der Waals surface area contributed by atoms with Gasteiger partial charge in [0.2, 0.25) is 5.91 Å². The lowest BCUT2D eigenvalue weighted by Gasteiger charge is -2.41. The molecule has 2 aromatic carbocycles. The van der Waals surface area contributed by atoms with Gasteiger partial charge in [-0.3, -0.25) is 9.69 Å². The fraction of sp³-hybridized carbons (Fsp3) is 0.556. The molecule has 3 aromatic rings. The molecule has 2 saturated heterocycles. The van der Waals surface area contributed by atoms with Gasteiger partial charge in [-0.05, 0) is 79.5 Å². The molecule has 4 heterocycles. The predicted molar refractivity (Wildman–Crippen MR) is 168 cm³/mol. The molecule has 3 aliphatic heterocycles. The van der Waals surface area contributed by atoms with E-state index in [0.29, 0.717) is 24.1 Å². The van der Waals surface area contributed by atoms with Crippen molar-refractivity contribution in [1.29, 1.82) is 0 Å². The number of likely N-dealkylation sites (tertiary alicyclic amines) is 1. The minimum Gasteiger partial charge on any atom is -0.497 e. The quantitative estimate of drug-likeness (QED) is 0.396. The van der Waals surface area contributed by atoms with Crippen molar-refractivity contribution in [2.45, 2.75) is 75.8 Å². The summed E-state index contributed by atoms with van der Waals surface area (Å²) >= 11 is 0. The van der Waals surface area contributed by atoms with Gasteiger partial charge in [-0.2, -0.15) is 0 Å². The van der Waals surface area contributed by atoms with Crippen molar-refractivity contribution in [3.8, 4) is 17.0 Å². The first-order valence-corrected chi connectivity index (χ1v) is 16.7. The van der Waals surface area contributed by atoms with Crippen LogP contribution in [0, 0.1) is 5.41 Å². The van der Waals surface area contributed by atoms with Gasteiger partial charge in [-0.1, -0.05) is 25.3 Å². The van der Waals surface area contributed by atoms with Crippen molar-refractivity contribution in [2.24, 2.45) is 5.41 Å². The zero-order valence-electron chi connectivity index (χ0n) is 25.7. The third-order valence-electron chi connectivity index (χ3n) is 11.5. The minimum absolute atomic E-state index is 0.119. The monoisotopic (exact) mass is 597 g/mol. The highest BCUT2D eigenvalue weighted by Gasteiger charge is 2.64. The van der Waals surface area contributed by atoms with Gasteiger partial charge in [0.1, 0.15) is 5.75 Å². The molecule has 0 bridgehead atoms. The van der Waals surface area contributed by atoms with Crippen LogP contribution in [0.1, 0.15) is 84.7 Å². The van der Waals surface area contributed by atoms with Crippen molar-refractivity contribution in [3.63, 3.8) is 0 Å². The van der Waals surface area contributed by atoms with E-state index in [1.54, 1.807) is 13.2 Å². The Morgan fingerprint density at radius 3 is 2.45 bits per heavy atom. The first-order valence-electron chi connectivity index (χ1n) is 16.7. The molecule has 1 aromatic heterocycles. The van der Waals surface area contributed by atoms with Gasteiger partial charge < -0.3 is 24.0 Å². The molecule has 232 valence electrons. The van der Waals surface area contributed by atoms with Gasteiger partial charge in [-0.25, -0.2) is 4.79 Å². The molecule has 8 nitrogen and oxygen atoms in total. The highest BCUT2D eigenvalue weighted by molar-refractivity contribution is 6.00. The van der Waals surface area contributed by atoms with Crippen LogP contribution in [-0.4, -0.2) is 83.9 Å². The first kappa shape index (κ1) is 28.1. The van der Waals surface area contributed by atoms with Crippen LogP contribution in [0.4, 0.5) is 0 Å². The molecule has 2 unspecified atom stereocenters. The summed E-state index contributed by atoms with van der Waals surface area (Å²) in [5, 5.41) is 11.1. The van der Waals surface area contributed by atoms with Gasteiger partial charge in [0, 0.05) is 61.1 Å². The average Bonchev–Trinajstić information content (AvgIpc) is 3.74. The minimum atomic E-state index is -0.918. The summed E-state index contributed by atoms with van der Waals surface area (Å²) in [5.41, 5.74) is 5.64. The van der Waals surface area contributed by atoms with Crippen LogP contribution in [0.5, 0.6) is 5.75 Å². The normalized spacial score (nSPS) is 26.0. The number of carboxylic acids is 1. The summed E-state index contributed by atoms with van der Waals surface area (Å²) in [6.07, 6.45) is 8.80. The lowest BCUT2D eigenvalue weighted by molar-refractivity contribution is -0.139. The number of aromatic carboxylic acids is 1. The Bertz CT molecular complexity index is 1610. The number of methoxy groups -OCH3 is 1. The van der Waals surface area contributed by atoms with E-state index in [1.165, 1.54) is 41.6 Å². The summed E-state index contributed by atoms with van der Waals surface area (Å²) in [7, 11) is 1.71. The SMILES string of the molecule is COc1ccc2c(c1)C1CC1(C(=O)N1CCC(N3CCOCC3)CC1)Cn1c-2c(C2CCCCC2)c2ccc(C(=O)O)cc21. The van der Waals surface area contributed by atoms with Crippen molar-refractivity contribution < 1.29 is 24.2 Å². The molecule has 4 fully saturated rings. The Kier molecular flexibility index (Phi) is 6.98. The second kappa shape index (κ2) is 10.9. The van der Waals surface area contributed by atoms with Gasteiger partial charge in [-0.15, -0.1) is 0 Å². The summed E-state index contributed by atoms with van der Waals surface area (Å²) in [6.45, 7) is 5.71. The van der Waals surface area contributed by atoms with E-state index in [9.17, 15) is 14.7 Å². The Balaban J connectivity index is 1.23. The Labute approximate surface area is 258 Å². The number of aromatic nitrogens is 1. The molecule has 1 N–H and O–H groups in total. The van der Waals surface area contributed by atoms with E-state index in [2.05, 4.69) is 26.5 Å². The number of hydrogen-bond acceptors (Lipinski definition) is 5. The number of carboxylic acid groups (broad SMARTS) is 1. The number of ether oxygens (including phenoxy) is 2. The highest BCUT2D eigenvalue weighted by atomic mass is 16.5. The van der Waals surface area contributed by atoms with Crippen molar-refractivity contribution in [3.05, 3.63) is 53.1 Å². The average molecular weight is 598 g/mol. The largest absolute Gasteiger partial charge is 0.497 e. The maximum atomic E-state index is 14.7. The molecule has 8 heteroatoms. The standard InChI is InChI=1S/C36H43N3O5/c1-43-26-8-10-27-29(20-26)30-21-36(30,35(42)38-13-11-25(12-14-38)37-15-17-44-18-16-37)22-39-31-19-24(34(40)41)7-9-28(31)32(33(27)39)23-5-3-2-4-6-23/h7-10,19-20,23,25,30H,2-6,11-18,21-22H2,1H3,(H,40,41). The summed E-state index contributed by atoms with van der Waals surface area (Å²) < 4.78 is 13.6. The number of amides is 1. The molecular weight excluding hydrogens is 554 g/mol. The first-order chi connectivity index (χ1) is 21.5. The fourth-order valence-electron chi connectivity index (χ4n) is 9.11. The molecular formula is C36H43N3O5. The van der Waals surface area contributed by atoms with E-state index >= 15 is 0 Å². The molecule has 0 spiro atoms. The zero-order valence-corrected chi connectivity index (χ0v) is 25.7. The van der Waals surface area contributed by atoms with E-state index in [4.69, 9.17) is 9.47 Å². The molecule has 2 atom stereocenters. The molecule has 5 aliphatic rings. The second-order valence-electron chi connectivity index (χ2n) is 13.8. The van der Waals surface area contributed by atoms with Crippen LogP contribution in [0.3, 0.4) is 0 Å². The van der Waals surface area contributed by atoms with Crippen LogP contribution in [0.2, 0.25) is 0 Å². The molecule has 2 aliphatic carbocycles. The fourth-order valence-corrected chi connectivity index (χ4v) is 9.11. The number of benzene rings is 2. The molecule has 0 radical (unpaired) electrons. The van der Waals surface area contributed by atoms with E-state index in [-0.39, 0.29) is 11.8 Å². The maximum absolute atomic E-state index is 14.7. The molecule has 1 amide bonds.